The van der Waals surface area contributed by atoms with Crippen LogP contribution in [0.5, 0.6) is 5.75 Å². The summed E-state index contributed by atoms with van der Waals surface area (Å²) in [6.07, 6.45) is 0. The second-order valence-electron chi connectivity index (χ2n) is 6.11. The average molecular weight is 324 g/mol. The SMILES string of the molecule is COc1ccc2c(c1)nc(-c1ccccc1)n1c3ccccc3cc21. The molecular formula is C22H16N2O. The molecule has 0 aliphatic rings. The maximum Gasteiger partial charge on any atom is 0.145 e. The van der Waals surface area contributed by atoms with Gasteiger partial charge in [0.25, 0.3) is 0 Å². The number of ether oxygens (including phenoxy) is 1. The van der Waals surface area contributed by atoms with Crippen LogP contribution in [0.4, 0.5) is 0 Å². The number of fused-ring (bicyclic) bond motifs is 5. The van der Waals surface area contributed by atoms with E-state index < -0.39 is 0 Å². The summed E-state index contributed by atoms with van der Waals surface area (Å²) in [5.41, 5.74) is 4.36. The Balaban J connectivity index is 2.01. The van der Waals surface area contributed by atoms with Gasteiger partial charge in [0.15, 0.2) is 0 Å². The molecule has 0 aliphatic carbocycles. The van der Waals surface area contributed by atoms with Crippen LogP contribution in [-0.2, 0) is 0 Å². The molecular weight excluding hydrogens is 308 g/mol. The van der Waals surface area contributed by atoms with E-state index in [-0.39, 0.29) is 0 Å². The maximum atomic E-state index is 5.39. The van der Waals surface area contributed by atoms with Crippen LogP contribution in [-0.4, -0.2) is 16.5 Å². The number of nitrogens with zero attached hydrogens (tertiary/aromatic N) is 2. The van der Waals surface area contributed by atoms with E-state index in [9.17, 15) is 0 Å². The summed E-state index contributed by atoms with van der Waals surface area (Å²) in [5, 5.41) is 2.33. The zero-order chi connectivity index (χ0) is 16.8. The fourth-order valence-corrected chi connectivity index (χ4v) is 3.47. The summed E-state index contributed by atoms with van der Waals surface area (Å²) in [6, 6.07) is 27.1. The predicted molar refractivity (Wildman–Crippen MR) is 102 cm³/mol. The van der Waals surface area contributed by atoms with Crippen molar-refractivity contribution in [3.63, 3.8) is 0 Å². The largest absolute Gasteiger partial charge is 0.497 e. The predicted octanol–water partition coefficient (Wildman–Crippen LogP) is 5.32. The van der Waals surface area contributed by atoms with Crippen LogP contribution in [0.3, 0.4) is 0 Å². The van der Waals surface area contributed by atoms with E-state index >= 15 is 0 Å². The lowest BCUT2D eigenvalue weighted by Crippen LogP contribution is -1.97. The highest BCUT2D eigenvalue weighted by molar-refractivity contribution is 6.02. The molecule has 0 spiro atoms. The first kappa shape index (κ1) is 14.1. The molecule has 0 amide bonds. The van der Waals surface area contributed by atoms with Crippen LogP contribution < -0.4 is 4.74 Å². The smallest absolute Gasteiger partial charge is 0.145 e. The van der Waals surface area contributed by atoms with Gasteiger partial charge < -0.3 is 4.74 Å². The fourth-order valence-electron chi connectivity index (χ4n) is 3.47. The van der Waals surface area contributed by atoms with E-state index in [2.05, 4.69) is 52.9 Å². The number of hydrogen-bond donors (Lipinski definition) is 0. The van der Waals surface area contributed by atoms with Crippen LogP contribution in [0.1, 0.15) is 0 Å². The first-order chi connectivity index (χ1) is 12.3. The minimum absolute atomic E-state index is 0.819. The Hall–Kier alpha value is -3.33. The Kier molecular flexibility index (Phi) is 3.01. The van der Waals surface area contributed by atoms with Crippen LogP contribution in [0, 0.1) is 0 Å². The molecule has 0 saturated heterocycles. The number of benzene rings is 3. The molecule has 25 heavy (non-hydrogen) atoms. The van der Waals surface area contributed by atoms with Crippen molar-refractivity contribution in [3.8, 4) is 17.1 Å². The third-order valence-corrected chi connectivity index (χ3v) is 4.66. The number of hydrogen-bond acceptors (Lipinski definition) is 2. The molecule has 2 heterocycles. The van der Waals surface area contributed by atoms with Crippen molar-refractivity contribution in [2.24, 2.45) is 0 Å². The molecule has 120 valence electrons. The Morgan fingerprint density at radius 2 is 1.60 bits per heavy atom. The molecule has 0 unspecified atom stereocenters. The van der Waals surface area contributed by atoms with Crippen molar-refractivity contribution in [1.29, 1.82) is 0 Å². The molecule has 0 aliphatic heterocycles. The molecule has 3 heteroatoms. The summed E-state index contributed by atoms with van der Waals surface area (Å²) >= 11 is 0. The molecule has 0 fully saturated rings. The van der Waals surface area contributed by atoms with Crippen molar-refractivity contribution < 1.29 is 4.74 Å². The molecule has 2 aromatic heterocycles. The van der Waals surface area contributed by atoms with E-state index in [0.29, 0.717) is 0 Å². The standard InChI is InChI=1S/C22H16N2O/c1-25-17-11-12-18-19(14-17)23-22(15-7-3-2-4-8-15)24-20-10-6-5-9-16(20)13-21(18)24/h2-14H,1H3. The monoisotopic (exact) mass is 324 g/mol. The molecule has 5 aromatic rings. The number of aromatic nitrogens is 2. The average Bonchev–Trinajstić information content (AvgIpc) is 3.07. The van der Waals surface area contributed by atoms with E-state index in [1.807, 2.05) is 30.3 Å². The van der Waals surface area contributed by atoms with Crippen LogP contribution in [0.15, 0.2) is 78.9 Å². The van der Waals surface area contributed by atoms with Crippen molar-refractivity contribution in [1.82, 2.24) is 9.38 Å². The molecule has 0 radical (unpaired) electrons. The molecule has 3 aromatic carbocycles. The van der Waals surface area contributed by atoms with Crippen LogP contribution >= 0.6 is 0 Å². The van der Waals surface area contributed by atoms with Gasteiger partial charge >= 0.3 is 0 Å². The number of para-hydroxylation sites is 1. The van der Waals surface area contributed by atoms with Gasteiger partial charge in [-0.3, -0.25) is 4.40 Å². The van der Waals surface area contributed by atoms with Crippen molar-refractivity contribution in [3.05, 3.63) is 78.9 Å². The van der Waals surface area contributed by atoms with Gasteiger partial charge in [0.1, 0.15) is 11.6 Å². The van der Waals surface area contributed by atoms with Gasteiger partial charge in [-0.15, -0.1) is 0 Å². The third kappa shape index (κ3) is 2.09. The minimum atomic E-state index is 0.819. The summed E-state index contributed by atoms with van der Waals surface area (Å²) < 4.78 is 7.64. The van der Waals surface area contributed by atoms with E-state index in [1.165, 1.54) is 10.9 Å². The van der Waals surface area contributed by atoms with Gasteiger partial charge in [-0.1, -0.05) is 48.5 Å². The topological polar surface area (TPSA) is 26.5 Å². The van der Waals surface area contributed by atoms with E-state index in [1.54, 1.807) is 7.11 Å². The van der Waals surface area contributed by atoms with E-state index in [0.717, 1.165) is 33.6 Å². The Bertz CT molecular complexity index is 1220. The van der Waals surface area contributed by atoms with Crippen LogP contribution in [0.2, 0.25) is 0 Å². The second kappa shape index (κ2) is 5.35. The summed E-state index contributed by atoms with van der Waals surface area (Å²) in [6.45, 7) is 0. The van der Waals surface area contributed by atoms with Gasteiger partial charge in [0, 0.05) is 22.4 Å². The van der Waals surface area contributed by atoms with Crippen molar-refractivity contribution >= 4 is 27.3 Å². The Morgan fingerprint density at radius 1 is 0.800 bits per heavy atom. The highest BCUT2D eigenvalue weighted by atomic mass is 16.5. The minimum Gasteiger partial charge on any atom is -0.497 e. The summed E-state index contributed by atoms with van der Waals surface area (Å²) in [7, 11) is 1.68. The quantitative estimate of drug-likeness (QED) is 0.439. The summed E-state index contributed by atoms with van der Waals surface area (Å²) in [4.78, 5) is 4.99. The number of methoxy groups -OCH3 is 1. The maximum absolute atomic E-state index is 5.39. The van der Waals surface area contributed by atoms with Gasteiger partial charge in [-0.25, -0.2) is 4.98 Å². The van der Waals surface area contributed by atoms with Gasteiger partial charge in [0.2, 0.25) is 0 Å². The lowest BCUT2D eigenvalue weighted by Gasteiger charge is -2.11. The van der Waals surface area contributed by atoms with Crippen molar-refractivity contribution in [2.45, 2.75) is 0 Å². The Morgan fingerprint density at radius 3 is 2.44 bits per heavy atom. The first-order valence-corrected chi connectivity index (χ1v) is 8.28. The fraction of sp³-hybridized carbons (Fsp3) is 0.0455. The molecule has 0 N–H and O–H groups in total. The van der Waals surface area contributed by atoms with Crippen LogP contribution in [0.25, 0.3) is 38.7 Å². The third-order valence-electron chi connectivity index (χ3n) is 4.66. The van der Waals surface area contributed by atoms with E-state index in [4.69, 9.17) is 9.72 Å². The normalized spacial score (nSPS) is 11.4. The Labute approximate surface area is 145 Å². The molecule has 3 nitrogen and oxygen atoms in total. The lowest BCUT2D eigenvalue weighted by molar-refractivity contribution is 0.415. The molecule has 0 atom stereocenters. The van der Waals surface area contributed by atoms with Gasteiger partial charge in [-0.05, 0) is 24.3 Å². The number of rotatable bonds is 2. The van der Waals surface area contributed by atoms with Crippen molar-refractivity contribution in [2.75, 3.05) is 7.11 Å². The van der Waals surface area contributed by atoms with Gasteiger partial charge in [-0.2, -0.15) is 0 Å². The molecule has 0 bridgehead atoms. The second-order valence-corrected chi connectivity index (χ2v) is 6.11. The molecule has 0 saturated carbocycles. The van der Waals surface area contributed by atoms with Gasteiger partial charge in [0.05, 0.1) is 23.7 Å². The zero-order valence-corrected chi connectivity index (χ0v) is 13.8. The molecule has 5 rings (SSSR count). The summed E-state index contributed by atoms with van der Waals surface area (Å²) in [5.74, 6) is 1.76. The highest BCUT2D eigenvalue weighted by Crippen LogP contribution is 2.32. The first-order valence-electron chi connectivity index (χ1n) is 8.28. The lowest BCUT2D eigenvalue weighted by atomic mass is 10.1. The zero-order valence-electron chi connectivity index (χ0n) is 13.8. The highest BCUT2D eigenvalue weighted by Gasteiger charge is 2.14.